The average molecular weight is 217 g/mol. The van der Waals surface area contributed by atoms with Crippen LogP contribution in [0.25, 0.3) is 0 Å². The van der Waals surface area contributed by atoms with Crippen LogP contribution in [-0.2, 0) is 16.3 Å². The lowest BCUT2D eigenvalue weighted by Crippen LogP contribution is -2.08. The minimum absolute atomic E-state index is 0.157. The van der Waals surface area contributed by atoms with Gasteiger partial charge >= 0.3 is 0 Å². The molecule has 1 aromatic carbocycles. The Morgan fingerprint density at radius 1 is 1.43 bits per heavy atom. The fraction of sp³-hybridized carbons (Fsp3) is 0.333. The Labute approximate surface area is 82.7 Å². The van der Waals surface area contributed by atoms with Gasteiger partial charge in [-0.3, -0.25) is 0 Å². The molecule has 14 heavy (non-hydrogen) atoms. The fourth-order valence-corrected chi connectivity index (χ4v) is 2.21. The van der Waals surface area contributed by atoms with Crippen molar-refractivity contribution >= 4 is 9.84 Å². The molecule has 0 radical (unpaired) electrons. The van der Waals surface area contributed by atoms with E-state index < -0.39 is 15.7 Å². The number of benzene rings is 1. The summed E-state index contributed by atoms with van der Waals surface area (Å²) in [5.74, 6) is -0.444. The highest BCUT2D eigenvalue weighted by molar-refractivity contribution is 7.90. The van der Waals surface area contributed by atoms with Gasteiger partial charge in [-0.2, -0.15) is 0 Å². The summed E-state index contributed by atoms with van der Waals surface area (Å²) in [6.45, 7) is 0.298. The van der Waals surface area contributed by atoms with Gasteiger partial charge in [0.2, 0.25) is 0 Å². The Morgan fingerprint density at radius 3 is 2.57 bits per heavy atom. The molecule has 3 nitrogen and oxygen atoms in total. The van der Waals surface area contributed by atoms with Gasteiger partial charge in [0.25, 0.3) is 0 Å². The second kappa shape index (κ2) is 4.06. The zero-order chi connectivity index (χ0) is 10.8. The predicted molar refractivity (Wildman–Crippen MR) is 52.3 cm³/mol. The summed E-state index contributed by atoms with van der Waals surface area (Å²) in [6, 6.07) is 3.62. The Hall–Kier alpha value is -0.940. The molecule has 5 heteroatoms. The molecule has 0 amide bonds. The number of sulfone groups is 1. The van der Waals surface area contributed by atoms with Crippen LogP contribution >= 0.6 is 0 Å². The van der Waals surface area contributed by atoms with Crippen LogP contribution in [-0.4, -0.2) is 21.2 Å². The Balaban J connectivity index is 3.29. The zero-order valence-electron chi connectivity index (χ0n) is 7.83. The van der Waals surface area contributed by atoms with E-state index in [4.69, 9.17) is 5.73 Å². The summed E-state index contributed by atoms with van der Waals surface area (Å²) in [4.78, 5) is 0.157. The van der Waals surface area contributed by atoms with Crippen molar-refractivity contribution in [3.63, 3.8) is 0 Å². The summed E-state index contributed by atoms with van der Waals surface area (Å²) in [6.07, 6.45) is 1.46. The van der Waals surface area contributed by atoms with E-state index in [2.05, 4.69) is 0 Å². The first-order valence-electron chi connectivity index (χ1n) is 4.13. The van der Waals surface area contributed by atoms with E-state index in [0.717, 1.165) is 12.3 Å². The van der Waals surface area contributed by atoms with E-state index in [1.165, 1.54) is 12.1 Å². The summed E-state index contributed by atoms with van der Waals surface area (Å²) in [5, 5.41) is 0. The van der Waals surface area contributed by atoms with E-state index >= 15 is 0 Å². The van der Waals surface area contributed by atoms with E-state index in [1.807, 2.05) is 0 Å². The molecule has 78 valence electrons. The van der Waals surface area contributed by atoms with Gasteiger partial charge in [-0.05, 0) is 36.7 Å². The van der Waals surface area contributed by atoms with Crippen molar-refractivity contribution < 1.29 is 12.8 Å². The molecule has 1 rings (SSSR count). The van der Waals surface area contributed by atoms with Crippen LogP contribution in [0.15, 0.2) is 23.1 Å². The maximum Gasteiger partial charge on any atom is 0.175 e. The molecule has 0 aromatic heterocycles. The number of hydrogen-bond acceptors (Lipinski definition) is 3. The number of nitrogens with two attached hydrogens (primary N) is 1. The summed E-state index contributed by atoms with van der Waals surface area (Å²) >= 11 is 0. The molecule has 0 heterocycles. The molecule has 0 spiro atoms. The SMILES string of the molecule is CS(=O)(=O)c1ccc(F)cc1CCN. The van der Waals surface area contributed by atoms with Gasteiger partial charge in [-0.1, -0.05) is 0 Å². The highest BCUT2D eigenvalue weighted by Gasteiger charge is 2.12. The third kappa shape index (κ3) is 2.52. The van der Waals surface area contributed by atoms with Gasteiger partial charge in [0, 0.05) is 6.26 Å². The van der Waals surface area contributed by atoms with Crippen LogP contribution in [0.3, 0.4) is 0 Å². The minimum atomic E-state index is -3.29. The number of rotatable bonds is 3. The molecule has 0 fully saturated rings. The lowest BCUT2D eigenvalue weighted by Gasteiger charge is -2.06. The lowest BCUT2D eigenvalue weighted by molar-refractivity contribution is 0.598. The third-order valence-electron chi connectivity index (χ3n) is 1.84. The predicted octanol–water partition coefficient (Wildman–Crippen LogP) is 0.730. The molecule has 0 aliphatic heterocycles. The minimum Gasteiger partial charge on any atom is -0.330 e. The topological polar surface area (TPSA) is 60.2 Å². The first kappa shape index (κ1) is 11.1. The van der Waals surface area contributed by atoms with Gasteiger partial charge in [0.05, 0.1) is 4.90 Å². The molecule has 0 saturated carbocycles. The zero-order valence-corrected chi connectivity index (χ0v) is 8.64. The third-order valence-corrected chi connectivity index (χ3v) is 3.03. The molecule has 0 atom stereocenters. The van der Waals surface area contributed by atoms with Crippen molar-refractivity contribution in [3.8, 4) is 0 Å². The quantitative estimate of drug-likeness (QED) is 0.759. The van der Waals surface area contributed by atoms with Crippen molar-refractivity contribution in [2.75, 3.05) is 12.8 Å². The van der Waals surface area contributed by atoms with Crippen molar-refractivity contribution in [1.29, 1.82) is 0 Å². The first-order valence-corrected chi connectivity index (χ1v) is 6.03. The molecule has 0 unspecified atom stereocenters. The second-order valence-corrected chi connectivity index (χ2v) is 5.05. The van der Waals surface area contributed by atoms with Crippen LogP contribution in [0.5, 0.6) is 0 Å². The summed E-state index contributed by atoms with van der Waals surface area (Å²) in [5.41, 5.74) is 5.75. The van der Waals surface area contributed by atoms with Gasteiger partial charge in [0.1, 0.15) is 5.82 Å². The summed E-state index contributed by atoms with van der Waals surface area (Å²) < 4.78 is 35.4. The maximum atomic E-state index is 12.8. The molecular weight excluding hydrogens is 205 g/mol. The molecule has 0 bridgehead atoms. The van der Waals surface area contributed by atoms with Crippen LogP contribution in [0.4, 0.5) is 4.39 Å². The van der Waals surface area contributed by atoms with Crippen LogP contribution in [0.2, 0.25) is 0 Å². The number of hydrogen-bond donors (Lipinski definition) is 1. The van der Waals surface area contributed by atoms with Crippen LogP contribution in [0, 0.1) is 5.82 Å². The van der Waals surface area contributed by atoms with Gasteiger partial charge in [-0.25, -0.2) is 12.8 Å². The highest BCUT2D eigenvalue weighted by atomic mass is 32.2. The number of halogens is 1. The smallest absolute Gasteiger partial charge is 0.175 e. The fourth-order valence-electron chi connectivity index (χ4n) is 1.26. The van der Waals surface area contributed by atoms with Gasteiger partial charge in [-0.15, -0.1) is 0 Å². The highest BCUT2D eigenvalue weighted by Crippen LogP contribution is 2.17. The largest absolute Gasteiger partial charge is 0.330 e. The molecule has 0 aliphatic rings. The Morgan fingerprint density at radius 2 is 2.07 bits per heavy atom. The Kier molecular flexibility index (Phi) is 3.23. The van der Waals surface area contributed by atoms with Gasteiger partial charge in [0.15, 0.2) is 9.84 Å². The van der Waals surface area contributed by atoms with Crippen LogP contribution in [0.1, 0.15) is 5.56 Å². The molecule has 0 aliphatic carbocycles. The van der Waals surface area contributed by atoms with Crippen LogP contribution < -0.4 is 5.73 Å². The first-order chi connectivity index (χ1) is 6.45. The van der Waals surface area contributed by atoms with E-state index in [9.17, 15) is 12.8 Å². The van der Waals surface area contributed by atoms with E-state index in [1.54, 1.807) is 0 Å². The van der Waals surface area contributed by atoms with E-state index in [0.29, 0.717) is 18.5 Å². The van der Waals surface area contributed by atoms with Gasteiger partial charge < -0.3 is 5.73 Å². The second-order valence-electron chi connectivity index (χ2n) is 3.06. The van der Waals surface area contributed by atoms with Crippen molar-refractivity contribution in [2.24, 2.45) is 5.73 Å². The van der Waals surface area contributed by atoms with Crippen molar-refractivity contribution in [1.82, 2.24) is 0 Å². The molecule has 2 N–H and O–H groups in total. The maximum absolute atomic E-state index is 12.8. The lowest BCUT2D eigenvalue weighted by atomic mass is 10.1. The van der Waals surface area contributed by atoms with Crippen molar-refractivity contribution in [2.45, 2.75) is 11.3 Å². The molecule has 1 aromatic rings. The van der Waals surface area contributed by atoms with E-state index in [-0.39, 0.29) is 4.90 Å². The molecular formula is C9H12FNO2S. The Bertz CT molecular complexity index is 428. The van der Waals surface area contributed by atoms with Crippen molar-refractivity contribution in [3.05, 3.63) is 29.6 Å². The monoisotopic (exact) mass is 217 g/mol. The summed E-state index contributed by atoms with van der Waals surface area (Å²) in [7, 11) is -3.29. The standard InChI is InChI=1S/C9H12FNO2S/c1-14(12,13)9-3-2-8(10)6-7(9)4-5-11/h2-3,6H,4-5,11H2,1H3. The normalized spacial score (nSPS) is 11.6. The average Bonchev–Trinajstić information content (AvgIpc) is 2.02. The molecule has 0 saturated heterocycles.